The third-order valence-corrected chi connectivity index (χ3v) is 6.86. The van der Waals surface area contributed by atoms with Gasteiger partial charge in [0.1, 0.15) is 0 Å². The molecule has 4 rings (SSSR count). The van der Waals surface area contributed by atoms with Crippen molar-refractivity contribution >= 4 is 5.91 Å². The van der Waals surface area contributed by atoms with Crippen LogP contribution in [0.3, 0.4) is 0 Å². The highest BCUT2D eigenvalue weighted by atomic mass is 16.3. The second-order valence-electron chi connectivity index (χ2n) is 10.1. The van der Waals surface area contributed by atoms with Crippen LogP contribution < -0.4 is 5.56 Å². The molecule has 0 bridgehead atoms. The van der Waals surface area contributed by atoms with Crippen LogP contribution in [-0.4, -0.2) is 43.1 Å². The number of carbonyl (C=O) groups is 1. The van der Waals surface area contributed by atoms with Gasteiger partial charge in [-0.1, -0.05) is 67.6 Å². The van der Waals surface area contributed by atoms with Gasteiger partial charge in [0.2, 0.25) is 5.91 Å². The predicted octanol–water partition coefficient (Wildman–Crippen LogP) is 4.24. The Morgan fingerprint density at radius 3 is 2.35 bits per heavy atom. The van der Waals surface area contributed by atoms with Crippen molar-refractivity contribution in [1.82, 2.24) is 14.5 Å². The Labute approximate surface area is 200 Å². The molecule has 178 valence electrons. The normalized spacial score (nSPS) is 20.6. The first kappa shape index (κ1) is 23.9. The predicted molar refractivity (Wildman–Crippen MR) is 133 cm³/mol. The van der Waals surface area contributed by atoms with Gasteiger partial charge in [-0.05, 0) is 31.7 Å². The van der Waals surface area contributed by atoms with Crippen molar-refractivity contribution in [3.05, 3.63) is 89.0 Å². The van der Waals surface area contributed by atoms with Gasteiger partial charge in [-0.2, -0.15) is 0 Å². The summed E-state index contributed by atoms with van der Waals surface area (Å²) in [5.41, 5.74) is 0.820. The summed E-state index contributed by atoms with van der Waals surface area (Å²) in [7, 11) is 0. The van der Waals surface area contributed by atoms with Gasteiger partial charge in [-0.3, -0.25) is 14.2 Å². The molecular weight excluding hydrogens is 426 g/mol. The molecule has 1 fully saturated rings. The fourth-order valence-corrected chi connectivity index (χ4v) is 5.11. The Bertz CT molecular complexity index is 1190. The van der Waals surface area contributed by atoms with Crippen molar-refractivity contribution in [2.45, 2.75) is 63.6 Å². The van der Waals surface area contributed by atoms with E-state index in [2.05, 4.69) is 11.9 Å². The molecule has 1 aliphatic rings. The maximum absolute atomic E-state index is 13.2. The summed E-state index contributed by atoms with van der Waals surface area (Å²) in [5.74, 6) is 0.215. The molecule has 1 aliphatic heterocycles. The number of benzene rings is 2. The van der Waals surface area contributed by atoms with E-state index in [1.165, 1.54) is 17.0 Å². The van der Waals surface area contributed by atoms with E-state index in [0.717, 1.165) is 11.1 Å². The van der Waals surface area contributed by atoms with Crippen LogP contribution in [0.4, 0.5) is 0 Å². The Morgan fingerprint density at radius 2 is 1.74 bits per heavy atom. The van der Waals surface area contributed by atoms with Gasteiger partial charge in [0.25, 0.3) is 5.56 Å². The Hall–Kier alpha value is -3.25. The largest absolute Gasteiger partial charge is 0.388 e. The van der Waals surface area contributed by atoms with Crippen molar-refractivity contribution in [2.24, 2.45) is 0 Å². The maximum atomic E-state index is 13.2. The van der Waals surface area contributed by atoms with Crippen molar-refractivity contribution in [3.8, 4) is 11.3 Å². The highest BCUT2D eigenvalue weighted by molar-refractivity contribution is 5.78. The van der Waals surface area contributed by atoms with Crippen LogP contribution in [0.5, 0.6) is 0 Å². The molecule has 6 nitrogen and oxygen atoms in total. The van der Waals surface area contributed by atoms with Crippen molar-refractivity contribution in [3.63, 3.8) is 0 Å². The molecule has 1 amide bonds. The second-order valence-corrected chi connectivity index (χ2v) is 10.1. The minimum absolute atomic E-state index is 0.0921. The zero-order valence-electron chi connectivity index (χ0n) is 20.1. The van der Waals surface area contributed by atoms with E-state index in [4.69, 9.17) is 0 Å². The number of carbonyl (C=O) groups excluding carboxylic acids is 1. The number of rotatable bonds is 6. The molecule has 34 heavy (non-hydrogen) atoms. The molecule has 2 atom stereocenters. The number of hydrogen-bond acceptors (Lipinski definition) is 4. The van der Waals surface area contributed by atoms with E-state index in [9.17, 15) is 14.7 Å². The summed E-state index contributed by atoms with van der Waals surface area (Å²) in [5, 5.41) is 11.4. The lowest BCUT2D eigenvalue weighted by atomic mass is 9.78. The zero-order chi connectivity index (χ0) is 24.3. The molecule has 3 aromatic rings. The van der Waals surface area contributed by atoms with Crippen LogP contribution in [0.15, 0.2) is 77.9 Å². The molecule has 6 heteroatoms. The topological polar surface area (TPSA) is 75.4 Å². The Morgan fingerprint density at radius 1 is 1.09 bits per heavy atom. The summed E-state index contributed by atoms with van der Waals surface area (Å²) in [6.45, 7) is 6.65. The first-order valence-electron chi connectivity index (χ1n) is 11.9. The molecule has 0 spiro atoms. The average molecular weight is 460 g/mol. The van der Waals surface area contributed by atoms with Crippen molar-refractivity contribution < 1.29 is 9.90 Å². The fraction of sp³-hybridized carbons (Fsp3) is 0.393. The molecule has 2 aromatic carbocycles. The SMILES string of the molecule is CC(CC(=O)N1CC[C@@](O)(Cn2cnc(-c3ccccc3)cc2=O)CC1(C)C)c1ccccc1. The molecule has 1 saturated heterocycles. The van der Waals surface area contributed by atoms with Gasteiger partial charge in [0, 0.05) is 36.6 Å². The number of piperidine rings is 1. The quantitative estimate of drug-likeness (QED) is 0.598. The summed E-state index contributed by atoms with van der Waals surface area (Å²) >= 11 is 0. The van der Waals surface area contributed by atoms with E-state index >= 15 is 0 Å². The van der Waals surface area contributed by atoms with E-state index < -0.39 is 11.1 Å². The van der Waals surface area contributed by atoms with Crippen molar-refractivity contribution in [2.75, 3.05) is 6.54 Å². The minimum atomic E-state index is -1.09. The number of hydrogen-bond donors (Lipinski definition) is 1. The highest BCUT2D eigenvalue weighted by Gasteiger charge is 2.45. The maximum Gasteiger partial charge on any atom is 0.253 e. The molecule has 2 heterocycles. The van der Waals surface area contributed by atoms with Gasteiger partial charge in [0.05, 0.1) is 24.2 Å². The molecule has 0 radical (unpaired) electrons. The Kier molecular flexibility index (Phi) is 6.71. The summed E-state index contributed by atoms with van der Waals surface area (Å²) in [6, 6.07) is 21.1. The van der Waals surface area contributed by atoms with Gasteiger partial charge in [-0.15, -0.1) is 0 Å². The highest BCUT2D eigenvalue weighted by Crippen LogP contribution is 2.36. The number of aromatic nitrogens is 2. The summed E-state index contributed by atoms with van der Waals surface area (Å²) in [4.78, 5) is 32.3. The van der Waals surface area contributed by atoms with Crippen LogP contribution in [0, 0.1) is 0 Å². The van der Waals surface area contributed by atoms with Gasteiger partial charge in [0.15, 0.2) is 0 Å². The van der Waals surface area contributed by atoms with Gasteiger partial charge in [-0.25, -0.2) is 4.98 Å². The third-order valence-electron chi connectivity index (χ3n) is 6.86. The first-order valence-corrected chi connectivity index (χ1v) is 11.9. The lowest BCUT2D eigenvalue weighted by molar-refractivity contribution is -0.148. The monoisotopic (exact) mass is 459 g/mol. The van der Waals surface area contributed by atoms with Gasteiger partial charge >= 0.3 is 0 Å². The summed E-state index contributed by atoms with van der Waals surface area (Å²) < 4.78 is 1.47. The van der Waals surface area contributed by atoms with Crippen LogP contribution in [0.1, 0.15) is 51.5 Å². The Balaban J connectivity index is 1.44. The lowest BCUT2D eigenvalue weighted by Crippen LogP contribution is -2.59. The average Bonchev–Trinajstić information content (AvgIpc) is 2.80. The van der Waals surface area contributed by atoms with E-state index in [1.54, 1.807) is 0 Å². The zero-order valence-corrected chi connectivity index (χ0v) is 20.1. The van der Waals surface area contributed by atoms with Crippen LogP contribution in [-0.2, 0) is 11.3 Å². The second kappa shape index (κ2) is 9.55. The smallest absolute Gasteiger partial charge is 0.253 e. The van der Waals surface area contributed by atoms with Crippen LogP contribution >= 0.6 is 0 Å². The number of likely N-dealkylation sites (tertiary alicyclic amines) is 1. The van der Waals surface area contributed by atoms with Crippen LogP contribution in [0.2, 0.25) is 0 Å². The third kappa shape index (κ3) is 5.28. The molecular formula is C28H33N3O3. The van der Waals surface area contributed by atoms with E-state index in [0.29, 0.717) is 31.5 Å². The molecule has 1 unspecified atom stereocenters. The molecule has 0 saturated carbocycles. The lowest BCUT2D eigenvalue weighted by Gasteiger charge is -2.49. The van der Waals surface area contributed by atoms with Crippen LogP contribution in [0.25, 0.3) is 11.3 Å². The number of amides is 1. The van der Waals surface area contributed by atoms with E-state index in [-0.39, 0.29) is 23.9 Å². The number of nitrogens with zero attached hydrogens (tertiary/aromatic N) is 3. The summed E-state index contributed by atoms with van der Waals surface area (Å²) in [6.07, 6.45) is 2.73. The standard InChI is InChI=1S/C28H33N3O3/c1-21(22-10-6-4-7-11-22)16-26(33)31-15-14-28(34,18-27(31,2)3)19-30-20-29-24(17-25(30)32)23-12-8-5-9-13-23/h4-13,17,20-21,34H,14-16,18-19H2,1-3H3/t21?,28-/m0/s1. The fourth-order valence-electron chi connectivity index (χ4n) is 5.11. The first-order chi connectivity index (χ1) is 16.2. The van der Waals surface area contributed by atoms with Gasteiger partial charge < -0.3 is 10.0 Å². The molecule has 0 aliphatic carbocycles. The molecule has 1 aromatic heterocycles. The number of aliphatic hydroxyl groups is 1. The molecule has 1 N–H and O–H groups in total. The van der Waals surface area contributed by atoms with Crippen molar-refractivity contribution in [1.29, 1.82) is 0 Å². The van der Waals surface area contributed by atoms with E-state index in [1.807, 2.05) is 79.4 Å². The minimum Gasteiger partial charge on any atom is -0.388 e.